The van der Waals surface area contributed by atoms with Gasteiger partial charge in [-0.25, -0.2) is 4.79 Å². The Morgan fingerprint density at radius 3 is 2.74 bits per heavy atom. The van der Waals surface area contributed by atoms with Gasteiger partial charge < -0.3 is 9.40 Å². The highest BCUT2D eigenvalue weighted by molar-refractivity contribution is 6.05. The number of fused-ring (bicyclic) bond motifs is 5. The third-order valence-electron chi connectivity index (χ3n) is 3.85. The molecule has 0 saturated heterocycles. The van der Waals surface area contributed by atoms with E-state index < -0.39 is 5.63 Å². The molecule has 0 radical (unpaired) electrons. The van der Waals surface area contributed by atoms with Crippen LogP contribution in [0.2, 0.25) is 0 Å². The van der Waals surface area contributed by atoms with Crippen LogP contribution < -0.4 is 11.2 Å². The Morgan fingerprint density at radius 1 is 1.05 bits per heavy atom. The molecule has 4 heteroatoms. The predicted octanol–water partition coefficient (Wildman–Crippen LogP) is 2.12. The molecule has 0 spiro atoms. The van der Waals surface area contributed by atoms with E-state index in [2.05, 4.69) is 4.98 Å². The van der Waals surface area contributed by atoms with Crippen LogP contribution in [-0.4, -0.2) is 4.98 Å². The topological polar surface area (TPSA) is 63.1 Å². The molecule has 0 atom stereocenters. The standard InChI is InChI=1S/C15H11NO3/c17-14-9-6-3-5-8(9)12-10-4-1-2-7-11(10)19-15(18)13(12)16-14/h1-2,4,7H,3,5-6H2,(H,16,17). The molecule has 2 heterocycles. The number of hydrogen-bond acceptors (Lipinski definition) is 3. The average molecular weight is 253 g/mol. The van der Waals surface area contributed by atoms with Crippen LogP contribution in [0.25, 0.3) is 21.9 Å². The van der Waals surface area contributed by atoms with Crippen LogP contribution >= 0.6 is 0 Å². The molecule has 0 saturated carbocycles. The number of aryl methyl sites for hydroxylation is 1. The number of aromatic amines is 1. The summed E-state index contributed by atoms with van der Waals surface area (Å²) < 4.78 is 5.26. The van der Waals surface area contributed by atoms with Gasteiger partial charge in [-0.3, -0.25) is 4.79 Å². The molecule has 0 amide bonds. The number of benzene rings is 1. The molecule has 1 N–H and O–H groups in total. The first-order valence-electron chi connectivity index (χ1n) is 6.35. The van der Waals surface area contributed by atoms with E-state index in [1.807, 2.05) is 18.2 Å². The minimum atomic E-state index is -0.472. The first kappa shape index (κ1) is 10.6. The molecule has 2 aromatic heterocycles. The molecule has 4 rings (SSSR count). The average Bonchev–Trinajstić information content (AvgIpc) is 2.89. The number of nitrogens with one attached hydrogen (secondary N) is 1. The van der Waals surface area contributed by atoms with Gasteiger partial charge in [-0.1, -0.05) is 18.2 Å². The van der Waals surface area contributed by atoms with Gasteiger partial charge >= 0.3 is 5.63 Å². The van der Waals surface area contributed by atoms with Crippen molar-refractivity contribution in [3.63, 3.8) is 0 Å². The molecule has 19 heavy (non-hydrogen) atoms. The molecule has 0 unspecified atom stereocenters. The normalized spacial score (nSPS) is 14.1. The zero-order valence-electron chi connectivity index (χ0n) is 10.2. The highest BCUT2D eigenvalue weighted by Crippen LogP contribution is 2.30. The second-order valence-electron chi connectivity index (χ2n) is 4.90. The lowest BCUT2D eigenvalue weighted by Crippen LogP contribution is -2.16. The minimum Gasteiger partial charge on any atom is -0.421 e. The number of H-pyrrole nitrogens is 1. The summed E-state index contributed by atoms with van der Waals surface area (Å²) in [4.78, 5) is 26.7. The molecule has 4 nitrogen and oxygen atoms in total. The Kier molecular flexibility index (Phi) is 1.98. The van der Waals surface area contributed by atoms with Gasteiger partial charge in [-0.05, 0) is 30.9 Å². The maximum atomic E-state index is 12.0. The highest BCUT2D eigenvalue weighted by atomic mass is 16.4. The van der Waals surface area contributed by atoms with E-state index in [4.69, 9.17) is 4.42 Å². The Hall–Kier alpha value is -2.36. The van der Waals surface area contributed by atoms with E-state index in [0.29, 0.717) is 11.1 Å². The van der Waals surface area contributed by atoms with Crippen LogP contribution in [0.4, 0.5) is 0 Å². The summed E-state index contributed by atoms with van der Waals surface area (Å²) in [5.41, 5.74) is 2.08. The van der Waals surface area contributed by atoms with Gasteiger partial charge in [0.1, 0.15) is 11.1 Å². The highest BCUT2D eigenvalue weighted by Gasteiger charge is 2.21. The third kappa shape index (κ3) is 1.34. The van der Waals surface area contributed by atoms with Gasteiger partial charge in [-0.15, -0.1) is 0 Å². The maximum absolute atomic E-state index is 12.0. The summed E-state index contributed by atoms with van der Waals surface area (Å²) in [6.07, 6.45) is 2.60. The van der Waals surface area contributed by atoms with Gasteiger partial charge in [-0.2, -0.15) is 0 Å². The van der Waals surface area contributed by atoms with Gasteiger partial charge in [0.2, 0.25) is 0 Å². The van der Waals surface area contributed by atoms with Crippen LogP contribution in [0, 0.1) is 0 Å². The lowest BCUT2D eigenvalue weighted by Gasteiger charge is -2.07. The van der Waals surface area contributed by atoms with Crippen molar-refractivity contribution in [3.8, 4) is 0 Å². The molecule has 1 aromatic carbocycles. The molecule has 1 aliphatic carbocycles. The van der Waals surface area contributed by atoms with Crippen molar-refractivity contribution >= 4 is 21.9 Å². The molecular formula is C15H11NO3. The number of para-hydroxylation sites is 1. The first-order chi connectivity index (χ1) is 9.25. The number of aromatic nitrogens is 1. The largest absolute Gasteiger partial charge is 0.421 e. The molecule has 3 aromatic rings. The molecule has 1 aliphatic rings. The van der Waals surface area contributed by atoms with Crippen molar-refractivity contribution in [2.75, 3.05) is 0 Å². The Morgan fingerprint density at radius 2 is 1.84 bits per heavy atom. The van der Waals surface area contributed by atoms with E-state index in [9.17, 15) is 9.59 Å². The fourth-order valence-electron chi connectivity index (χ4n) is 3.04. The summed E-state index contributed by atoms with van der Waals surface area (Å²) in [5.74, 6) is 0. The van der Waals surface area contributed by atoms with Crippen LogP contribution in [0.15, 0.2) is 38.3 Å². The Bertz CT molecular complexity index is 934. The van der Waals surface area contributed by atoms with Crippen LogP contribution in [0.1, 0.15) is 17.5 Å². The van der Waals surface area contributed by atoms with Crippen molar-refractivity contribution in [1.29, 1.82) is 0 Å². The smallest absolute Gasteiger partial charge is 0.360 e. The SMILES string of the molecule is O=c1[nH]c2c(=O)oc3ccccc3c2c2c1CCC2. The van der Waals surface area contributed by atoms with Gasteiger partial charge in [0.25, 0.3) is 5.56 Å². The zero-order valence-corrected chi connectivity index (χ0v) is 10.2. The Labute approximate surface area is 107 Å². The third-order valence-corrected chi connectivity index (χ3v) is 3.85. The number of hydrogen-bond donors (Lipinski definition) is 1. The summed E-state index contributed by atoms with van der Waals surface area (Å²) in [5, 5.41) is 1.76. The lowest BCUT2D eigenvalue weighted by molar-refractivity contribution is 0.567. The second kappa shape index (κ2) is 3.57. The first-order valence-corrected chi connectivity index (χ1v) is 6.35. The molecule has 94 valence electrons. The predicted molar refractivity (Wildman–Crippen MR) is 72.6 cm³/mol. The lowest BCUT2D eigenvalue weighted by atomic mass is 10.0. The Balaban J connectivity index is 2.39. The fraction of sp³-hybridized carbons (Fsp3) is 0.200. The zero-order chi connectivity index (χ0) is 13.0. The van der Waals surface area contributed by atoms with Crippen molar-refractivity contribution in [2.24, 2.45) is 0 Å². The van der Waals surface area contributed by atoms with Gasteiger partial charge in [0.05, 0.1) is 0 Å². The van der Waals surface area contributed by atoms with E-state index in [0.717, 1.165) is 41.2 Å². The van der Waals surface area contributed by atoms with Crippen molar-refractivity contribution < 1.29 is 4.42 Å². The maximum Gasteiger partial charge on any atom is 0.360 e. The van der Waals surface area contributed by atoms with E-state index in [1.54, 1.807) is 6.07 Å². The monoisotopic (exact) mass is 253 g/mol. The van der Waals surface area contributed by atoms with E-state index in [1.165, 1.54) is 0 Å². The van der Waals surface area contributed by atoms with Crippen LogP contribution in [0.5, 0.6) is 0 Å². The summed E-state index contributed by atoms with van der Waals surface area (Å²) in [6, 6.07) is 7.46. The molecule has 0 aliphatic heterocycles. The quantitative estimate of drug-likeness (QED) is 0.493. The van der Waals surface area contributed by atoms with Gasteiger partial charge in [0.15, 0.2) is 0 Å². The number of pyridine rings is 1. The summed E-state index contributed by atoms with van der Waals surface area (Å²) in [6.45, 7) is 0. The van der Waals surface area contributed by atoms with E-state index >= 15 is 0 Å². The summed E-state index contributed by atoms with van der Waals surface area (Å²) in [7, 11) is 0. The fourth-order valence-corrected chi connectivity index (χ4v) is 3.04. The van der Waals surface area contributed by atoms with Crippen molar-refractivity contribution in [3.05, 3.63) is 56.2 Å². The molecule has 0 fully saturated rings. The second-order valence-corrected chi connectivity index (χ2v) is 4.90. The number of rotatable bonds is 0. The van der Waals surface area contributed by atoms with Crippen molar-refractivity contribution in [2.45, 2.75) is 19.3 Å². The van der Waals surface area contributed by atoms with Gasteiger partial charge in [0, 0.05) is 16.3 Å². The van der Waals surface area contributed by atoms with Crippen LogP contribution in [0.3, 0.4) is 0 Å². The molecular weight excluding hydrogens is 242 g/mol. The minimum absolute atomic E-state index is 0.150. The van der Waals surface area contributed by atoms with Crippen molar-refractivity contribution in [1.82, 2.24) is 4.98 Å². The van der Waals surface area contributed by atoms with Crippen LogP contribution in [-0.2, 0) is 12.8 Å². The van der Waals surface area contributed by atoms with E-state index in [-0.39, 0.29) is 5.56 Å². The summed E-state index contributed by atoms with van der Waals surface area (Å²) >= 11 is 0. The molecule has 0 bridgehead atoms.